The van der Waals surface area contributed by atoms with Crippen LogP contribution < -0.4 is 0 Å². The first-order valence-electron chi connectivity index (χ1n) is 3.21. The van der Waals surface area contributed by atoms with Gasteiger partial charge in [0.25, 0.3) is 0 Å². The summed E-state index contributed by atoms with van der Waals surface area (Å²) in [5.41, 5.74) is 0.617. The summed E-state index contributed by atoms with van der Waals surface area (Å²) in [5.74, 6) is -0.975. The predicted molar refractivity (Wildman–Crippen MR) is 48.6 cm³/mol. The van der Waals surface area contributed by atoms with Gasteiger partial charge in [-0.15, -0.1) is 0 Å². The Morgan fingerprint density at radius 2 is 2.42 bits per heavy atom. The highest BCUT2D eigenvalue weighted by Gasteiger charge is 1.91. The zero-order valence-corrected chi connectivity index (χ0v) is 7.65. The number of carboxylic acid groups (broad SMARTS) is 1. The van der Waals surface area contributed by atoms with Gasteiger partial charge < -0.3 is 5.11 Å². The molecule has 0 aliphatic carbocycles. The van der Waals surface area contributed by atoms with Crippen molar-refractivity contribution in [2.75, 3.05) is 0 Å². The fraction of sp³-hybridized carbons (Fsp3) is 0. The Kier molecular flexibility index (Phi) is 2.99. The molecule has 0 aliphatic rings. The molecule has 1 aromatic rings. The Bertz CT molecular complexity index is 323. The minimum atomic E-state index is -0.975. The number of rotatable bonds is 2. The van der Waals surface area contributed by atoms with E-state index in [-0.39, 0.29) is 0 Å². The fourth-order valence-electron chi connectivity index (χ4n) is 0.669. The van der Waals surface area contributed by atoms with Gasteiger partial charge in [0.05, 0.1) is 5.69 Å². The smallest absolute Gasteiger partial charge is 0.328 e. The zero-order chi connectivity index (χ0) is 8.97. The zero-order valence-electron chi connectivity index (χ0n) is 6.07. The molecule has 12 heavy (non-hydrogen) atoms. The van der Waals surface area contributed by atoms with Gasteiger partial charge in [0, 0.05) is 16.7 Å². The molecule has 1 N–H and O–H groups in total. The highest BCUT2D eigenvalue weighted by atomic mass is 79.9. The number of hydrogen-bond donors (Lipinski definition) is 1. The standard InChI is InChI=1S/C8H6BrNO2/c9-6-3-4-10-7(5-6)1-2-8(11)12/h1-5H,(H,11,12)/b2-1+. The molecule has 0 atom stereocenters. The quantitative estimate of drug-likeness (QED) is 0.787. The molecule has 0 saturated heterocycles. The van der Waals surface area contributed by atoms with E-state index in [1.54, 1.807) is 18.3 Å². The van der Waals surface area contributed by atoms with E-state index < -0.39 is 5.97 Å². The van der Waals surface area contributed by atoms with Crippen molar-refractivity contribution in [2.45, 2.75) is 0 Å². The van der Waals surface area contributed by atoms with Crippen molar-refractivity contribution < 1.29 is 9.90 Å². The van der Waals surface area contributed by atoms with E-state index in [1.807, 2.05) is 0 Å². The van der Waals surface area contributed by atoms with Gasteiger partial charge in [0.15, 0.2) is 0 Å². The molecular formula is C8H6BrNO2. The molecule has 1 aromatic heterocycles. The number of carbonyl (C=O) groups is 1. The molecule has 0 amide bonds. The lowest BCUT2D eigenvalue weighted by Gasteiger charge is -1.91. The van der Waals surface area contributed by atoms with E-state index in [2.05, 4.69) is 20.9 Å². The highest BCUT2D eigenvalue weighted by Crippen LogP contribution is 2.09. The van der Waals surface area contributed by atoms with E-state index in [0.29, 0.717) is 5.69 Å². The van der Waals surface area contributed by atoms with E-state index in [0.717, 1.165) is 10.5 Å². The minimum Gasteiger partial charge on any atom is -0.478 e. The van der Waals surface area contributed by atoms with Gasteiger partial charge in [-0.1, -0.05) is 15.9 Å². The summed E-state index contributed by atoms with van der Waals surface area (Å²) in [5, 5.41) is 8.32. The molecule has 0 bridgehead atoms. The Morgan fingerprint density at radius 3 is 3.00 bits per heavy atom. The molecule has 4 heteroatoms. The molecule has 1 rings (SSSR count). The van der Waals surface area contributed by atoms with Crippen LogP contribution >= 0.6 is 15.9 Å². The summed E-state index contributed by atoms with van der Waals surface area (Å²) in [6, 6.07) is 3.51. The number of nitrogens with zero attached hydrogens (tertiary/aromatic N) is 1. The van der Waals surface area contributed by atoms with E-state index in [4.69, 9.17) is 5.11 Å². The van der Waals surface area contributed by atoms with Crippen LogP contribution in [0.5, 0.6) is 0 Å². The molecule has 0 radical (unpaired) electrons. The lowest BCUT2D eigenvalue weighted by atomic mass is 10.3. The predicted octanol–water partition coefficient (Wildman–Crippen LogP) is 1.94. The summed E-state index contributed by atoms with van der Waals surface area (Å²) in [7, 11) is 0. The van der Waals surface area contributed by atoms with Crippen LogP contribution in [-0.4, -0.2) is 16.1 Å². The van der Waals surface area contributed by atoms with Crippen LogP contribution in [0.2, 0.25) is 0 Å². The maximum atomic E-state index is 10.1. The molecule has 3 nitrogen and oxygen atoms in total. The van der Waals surface area contributed by atoms with E-state index in [1.165, 1.54) is 6.08 Å². The third-order valence-electron chi connectivity index (χ3n) is 1.14. The van der Waals surface area contributed by atoms with Crippen molar-refractivity contribution >= 4 is 28.0 Å². The van der Waals surface area contributed by atoms with E-state index in [9.17, 15) is 4.79 Å². The highest BCUT2D eigenvalue weighted by molar-refractivity contribution is 9.10. The number of aromatic nitrogens is 1. The SMILES string of the molecule is O=C(O)/C=C/c1cc(Br)ccn1. The topological polar surface area (TPSA) is 50.2 Å². The second-order valence-corrected chi connectivity index (χ2v) is 2.99. The van der Waals surface area contributed by atoms with Gasteiger partial charge in [0.2, 0.25) is 0 Å². The van der Waals surface area contributed by atoms with Crippen LogP contribution in [0.15, 0.2) is 28.9 Å². The monoisotopic (exact) mass is 227 g/mol. The fourth-order valence-corrected chi connectivity index (χ4v) is 1.02. The maximum absolute atomic E-state index is 10.1. The van der Waals surface area contributed by atoms with Crippen molar-refractivity contribution in [3.05, 3.63) is 34.6 Å². The molecule has 0 aromatic carbocycles. The average Bonchev–Trinajstić information content (AvgIpc) is 2.01. The Hall–Kier alpha value is -1.16. The van der Waals surface area contributed by atoms with Crippen molar-refractivity contribution in [2.24, 2.45) is 0 Å². The number of carboxylic acids is 1. The van der Waals surface area contributed by atoms with Crippen molar-refractivity contribution in [3.63, 3.8) is 0 Å². The number of halogens is 1. The van der Waals surface area contributed by atoms with Crippen LogP contribution in [0, 0.1) is 0 Å². The van der Waals surface area contributed by atoms with Crippen LogP contribution in [0.3, 0.4) is 0 Å². The van der Waals surface area contributed by atoms with Gasteiger partial charge in [0.1, 0.15) is 0 Å². The number of aliphatic carboxylic acids is 1. The molecule has 0 aliphatic heterocycles. The lowest BCUT2D eigenvalue weighted by Crippen LogP contribution is -1.86. The molecule has 1 heterocycles. The third-order valence-corrected chi connectivity index (χ3v) is 1.63. The van der Waals surface area contributed by atoms with Crippen LogP contribution in [0.25, 0.3) is 6.08 Å². The minimum absolute atomic E-state index is 0.617. The van der Waals surface area contributed by atoms with Crippen LogP contribution in [0.4, 0.5) is 0 Å². The molecular weight excluding hydrogens is 222 g/mol. The van der Waals surface area contributed by atoms with Gasteiger partial charge in [-0.3, -0.25) is 4.98 Å². The number of pyridine rings is 1. The normalized spacial score (nSPS) is 10.4. The summed E-state index contributed by atoms with van der Waals surface area (Å²) in [6.07, 6.45) is 4.09. The first-order chi connectivity index (χ1) is 5.68. The molecule has 0 fully saturated rings. The van der Waals surface area contributed by atoms with Crippen LogP contribution in [0.1, 0.15) is 5.69 Å². The first kappa shape index (κ1) is 8.93. The van der Waals surface area contributed by atoms with E-state index >= 15 is 0 Å². The van der Waals surface area contributed by atoms with Crippen molar-refractivity contribution in [1.29, 1.82) is 0 Å². The van der Waals surface area contributed by atoms with Gasteiger partial charge in [-0.25, -0.2) is 4.79 Å². The van der Waals surface area contributed by atoms with Crippen molar-refractivity contribution in [3.8, 4) is 0 Å². The average molecular weight is 228 g/mol. The maximum Gasteiger partial charge on any atom is 0.328 e. The Balaban J connectivity index is 2.83. The number of hydrogen-bond acceptors (Lipinski definition) is 2. The lowest BCUT2D eigenvalue weighted by molar-refractivity contribution is -0.131. The summed E-state index contributed by atoms with van der Waals surface area (Å²) in [4.78, 5) is 14.1. The Labute approximate surface area is 77.9 Å². The Morgan fingerprint density at radius 1 is 1.67 bits per heavy atom. The summed E-state index contributed by atoms with van der Waals surface area (Å²) < 4.78 is 0.877. The summed E-state index contributed by atoms with van der Waals surface area (Å²) >= 11 is 3.25. The molecule has 62 valence electrons. The second-order valence-electron chi connectivity index (χ2n) is 2.07. The third kappa shape index (κ3) is 2.84. The molecule has 0 saturated carbocycles. The van der Waals surface area contributed by atoms with Crippen molar-refractivity contribution in [1.82, 2.24) is 4.98 Å². The summed E-state index contributed by atoms with van der Waals surface area (Å²) in [6.45, 7) is 0. The largest absolute Gasteiger partial charge is 0.478 e. The molecule has 0 spiro atoms. The van der Waals surface area contributed by atoms with Gasteiger partial charge >= 0.3 is 5.97 Å². The van der Waals surface area contributed by atoms with Gasteiger partial charge in [-0.05, 0) is 18.2 Å². The van der Waals surface area contributed by atoms with Gasteiger partial charge in [-0.2, -0.15) is 0 Å². The first-order valence-corrected chi connectivity index (χ1v) is 4.00. The molecule has 0 unspecified atom stereocenters. The second kappa shape index (κ2) is 4.01. The van der Waals surface area contributed by atoms with Crippen LogP contribution in [-0.2, 0) is 4.79 Å².